The van der Waals surface area contributed by atoms with E-state index in [-0.39, 0.29) is 35.3 Å². The van der Waals surface area contributed by atoms with Gasteiger partial charge in [0.25, 0.3) is 0 Å². The van der Waals surface area contributed by atoms with Gasteiger partial charge in [-0.25, -0.2) is 8.42 Å². The van der Waals surface area contributed by atoms with Crippen LogP contribution in [0.4, 0.5) is 0 Å². The van der Waals surface area contributed by atoms with Crippen LogP contribution < -0.4 is 10.6 Å². The lowest BCUT2D eigenvalue weighted by Crippen LogP contribution is -2.41. The van der Waals surface area contributed by atoms with Crippen LogP contribution in [0.15, 0.2) is 29.2 Å². The second-order valence-corrected chi connectivity index (χ2v) is 9.61. The summed E-state index contributed by atoms with van der Waals surface area (Å²) >= 11 is 1.86. The zero-order valence-corrected chi connectivity index (χ0v) is 17.8. The molecule has 1 aliphatic heterocycles. The van der Waals surface area contributed by atoms with Gasteiger partial charge in [-0.15, -0.1) is 12.4 Å². The molecule has 0 radical (unpaired) electrons. The number of carbonyl (C=O) groups is 1. The number of sulfonamides is 1. The van der Waals surface area contributed by atoms with Crippen molar-refractivity contribution in [2.75, 3.05) is 25.1 Å². The summed E-state index contributed by atoms with van der Waals surface area (Å²) in [7, 11) is -1.89. The Bertz CT molecular complexity index is 675. The fraction of sp³-hybridized carbons (Fsp3) is 0.588. The fourth-order valence-corrected chi connectivity index (χ4v) is 4.79. The minimum atomic E-state index is -3.47. The fourth-order valence-electron chi connectivity index (χ4n) is 2.47. The molecular weight excluding hydrogens is 394 g/mol. The molecule has 1 aliphatic rings. The van der Waals surface area contributed by atoms with Gasteiger partial charge in [-0.1, -0.05) is 12.1 Å². The Morgan fingerprint density at radius 1 is 1.35 bits per heavy atom. The monoisotopic (exact) mass is 421 g/mol. The second-order valence-electron chi connectivity index (χ2n) is 6.47. The second kappa shape index (κ2) is 10.5. The highest BCUT2D eigenvalue weighted by molar-refractivity contribution is 7.99. The maximum Gasteiger partial charge on any atom is 0.243 e. The Hall–Kier alpha value is -0.800. The first-order chi connectivity index (χ1) is 11.8. The molecule has 0 aromatic heterocycles. The number of thioether (sulfide) groups is 1. The predicted molar refractivity (Wildman–Crippen MR) is 109 cm³/mol. The number of carbonyl (C=O) groups excluding carboxylic acids is 1. The zero-order chi connectivity index (χ0) is 18.4. The highest BCUT2D eigenvalue weighted by Gasteiger charge is 2.22. The quantitative estimate of drug-likeness (QED) is 0.702. The Balaban J connectivity index is 0.00000338. The minimum Gasteiger partial charge on any atom is -0.352 e. The van der Waals surface area contributed by atoms with E-state index in [0.717, 1.165) is 23.6 Å². The maximum atomic E-state index is 12.4. The Labute approximate surface area is 166 Å². The van der Waals surface area contributed by atoms with E-state index >= 15 is 0 Å². The van der Waals surface area contributed by atoms with Gasteiger partial charge in [-0.2, -0.15) is 16.1 Å². The van der Waals surface area contributed by atoms with E-state index < -0.39 is 10.0 Å². The first kappa shape index (κ1) is 23.2. The smallest absolute Gasteiger partial charge is 0.243 e. The highest BCUT2D eigenvalue weighted by atomic mass is 35.5. The van der Waals surface area contributed by atoms with Crippen LogP contribution in [0, 0.1) is 0 Å². The Kier molecular flexibility index (Phi) is 9.40. The minimum absolute atomic E-state index is 0. The first-order valence-corrected chi connectivity index (χ1v) is 11.0. The standard InChI is InChI=1S/C17H27N3O3S2.ClH/c1-13(2)20(3)25(22,23)16-6-4-14(5-7-16)11-19-17(21)10-15-12-24-9-8-18-15;/h4-7,13,15,18H,8-12H2,1-3H3,(H,19,21);1H. The number of hydrogen-bond acceptors (Lipinski definition) is 5. The van der Waals surface area contributed by atoms with E-state index in [4.69, 9.17) is 0 Å². The molecule has 1 amide bonds. The van der Waals surface area contributed by atoms with Gasteiger partial charge < -0.3 is 10.6 Å². The highest BCUT2D eigenvalue weighted by Crippen LogP contribution is 2.17. The van der Waals surface area contributed by atoms with E-state index in [1.807, 2.05) is 25.6 Å². The van der Waals surface area contributed by atoms with Crippen molar-refractivity contribution in [2.24, 2.45) is 0 Å². The molecule has 2 N–H and O–H groups in total. The van der Waals surface area contributed by atoms with Crippen molar-refractivity contribution in [3.63, 3.8) is 0 Å². The van der Waals surface area contributed by atoms with Crippen molar-refractivity contribution in [3.05, 3.63) is 29.8 Å². The van der Waals surface area contributed by atoms with Crippen LogP contribution >= 0.6 is 24.2 Å². The van der Waals surface area contributed by atoms with Crippen LogP contribution in [-0.2, 0) is 21.4 Å². The molecule has 0 bridgehead atoms. The summed E-state index contributed by atoms with van der Waals surface area (Å²) in [5, 5.41) is 6.24. The van der Waals surface area contributed by atoms with E-state index in [0.29, 0.717) is 13.0 Å². The number of hydrogen-bond donors (Lipinski definition) is 2. The predicted octanol–water partition coefficient (Wildman–Crippen LogP) is 1.85. The summed E-state index contributed by atoms with van der Waals surface area (Å²) in [5.41, 5.74) is 0.880. The van der Waals surface area contributed by atoms with Gasteiger partial charge in [0.1, 0.15) is 0 Å². The molecule has 1 saturated heterocycles. The molecule has 0 aliphatic carbocycles. The molecule has 1 aromatic rings. The molecule has 0 spiro atoms. The molecule has 1 unspecified atom stereocenters. The summed E-state index contributed by atoms with van der Waals surface area (Å²) < 4.78 is 26.2. The van der Waals surface area contributed by atoms with Gasteiger partial charge in [0.05, 0.1) is 4.90 Å². The van der Waals surface area contributed by atoms with Crippen molar-refractivity contribution in [1.82, 2.24) is 14.9 Å². The van der Waals surface area contributed by atoms with Gasteiger partial charge >= 0.3 is 0 Å². The van der Waals surface area contributed by atoms with Gasteiger partial charge in [0.15, 0.2) is 0 Å². The summed E-state index contributed by atoms with van der Waals surface area (Å²) in [6, 6.07) is 6.81. The number of amides is 1. The number of nitrogens with zero attached hydrogens (tertiary/aromatic N) is 1. The van der Waals surface area contributed by atoms with E-state index in [2.05, 4.69) is 10.6 Å². The third kappa shape index (κ3) is 6.42. The molecule has 1 atom stereocenters. The normalized spacial score (nSPS) is 17.8. The topological polar surface area (TPSA) is 78.5 Å². The summed E-state index contributed by atoms with van der Waals surface area (Å²) in [4.78, 5) is 12.3. The van der Waals surface area contributed by atoms with Crippen LogP contribution in [0.5, 0.6) is 0 Å². The van der Waals surface area contributed by atoms with Crippen LogP contribution in [-0.4, -0.2) is 55.8 Å². The molecule has 1 aromatic carbocycles. The molecule has 6 nitrogen and oxygen atoms in total. The zero-order valence-electron chi connectivity index (χ0n) is 15.4. The summed E-state index contributed by atoms with van der Waals surface area (Å²) in [6.45, 7) is 5.02. The third-order valence-electron chi connectivity index (χ3n) is 4.25. The average Bonchev–Trinajstić information content (AvgIpc) is 2.60. The number of benzene rings is 1. The first-order valence-electron chi connectivity index (χ1n) is 8.45. The van der Waals surface area contributed by atoms with Crippen molar-refractivity contribution in [2.45, 2.75) is 43.8 Å². The van der Waals surface area contributed by atoms with Crippen molar-refractivity contribution in [3.8, 4) is 0 Å². The van der Waals surface area contributed by atoms with Crippen LogP contribution in [0.1, 0.15) is 25.8 Å². The van der Waals surface area contributed by atoms with Crippen molar-refractivity contribution in [1.29, 1.82) is 0 Å². The lowest BCUT2D eigenvalue weighted by Gasteiger charge is -2.22. The molecule has 2 rings (SSSR count). The van der Waals surface area contributed by atoms with E-state index in [1.54, 1.807) is 31.3 Å². The summed E-state index contributed by atoms with van der Waals surface area (Å²) in [6.07, 6.45) is 0.471. The molecule has 1 heterocycles. The largest absolute Gasteiger partial charge is 0.352 e. The van der Waals surface area contributed by atoms with Gasteiger partial charge in [-0.05, 0) is 31.5 Å². The SMILES string of the molecule is CC(C)N(C)S(=O)(=O)c1ccc(CNC(=O)CC2CSCCN2)cc1.Cl. The molecule has 26 heavy (non-hydrogen) atoms. The Morgan fingerprint density at radius 3 is 2.54 bits per heavy atom. The molecule has 1 fully saturated rings. The van der Waals surface area contributed by atoms with Crippen LogP contribution in [0.3, 0.4) is 0 Å². The van der Waals surface area contributed by atoms with Crippen LogP contribution in [0.25, 0.3) is 0 Å². The maximum absolute atomic E-state index is 12.4. The van der Waals surface area contributed by atoms with Crippen molar-refractivity contribution >= 4 is 40.1 Å². The number of rotatable bonds is 7. The van der Waals surface area contributed by atoms with Crippen LogP contribution in [0.2, 0.25) is 0 Å². The average molecular weight is 422 g/mol. The number of nitrogens with one attached hydrogen (secondary N) is 2. The van der Waals surface area contributed by atoms with Crippen molar-refractivity contribution < 1.29 is 13.2 Å². The molecule has 0 saturated carbocycles. The van der Waals surface area contributed by atoms with E-state index in [1.165, 1.54) is 4.31 Å². The lowest BCUT2D eigenvalue weighted by atomic mass is 10.2. The van der Waals surface area contributed by atoms with Gasteiger partial charge in [0, 0.05) is 50.1 Å². The van der Waals surface area contributed by atoms with Gasteiger partial charge in [-0.3, -0.25) is 4.79 Å². The lowest BCUT2D eigenvalue weighted by molar-refractivity contribution is -0.121. The third-order valence-corrected chi connectivity index (χ3v) is 7.43. The Morgan fingerprint density at radius 2 is 2.00 bits per heavy atom. The molecule has 148 valence electrons. The molecule has 9 heteroatoms. The van der Waals surface area contributed by atoms with Gasteiger partial charge in [0.2, 0.25) is 15.9 Å². The van der Waals surface area contributed by atoms with E-state index in [9.17, 15) is 13.2 Å². The number of halogens is 1. The molecular formula is C17H28ClN3O3S2. The summed E-state index contributed by atoms with van der Waals surface area (Å²) in [5.74, 6) is 2.07.